The fourth-order valence-electron chi connectivity index (χ4n) is 5.69. The average molecular weight is 442 g/mol. The summed E-state index contributed by atoms with van der Waals surface area (Å²) >= 11 is 0. The van der Waals surface area contributed by atoms with Crippen molar-refractivity contribution in [1.29, 1.82) is 0 Å². The molecule has 1 atom stereocenters. The summed E-state index contributed by atoms with van der Waals surface area (Å²) in [5, 5.41) is 3.83. The molecular formula is C24H25F3N4O. The number of fused-ring (bicyclic) bond motifs is 3. The van der Waals surface area contributed by atoms with Crippen LogP contribution in [0.4, 0.5) is 19.0 Å². The number of hydrogen-bond acceptors (Lipinski definition) is 4. The highest BCUT2D eigenvalue weighted by Crippen LogP contribution is 2.54. The van der Waals surface area contributed by atoms with Gasteiger partial charge in [0, 0.05) is 23.6 Å². The number of aromatic nitrogens is 3. The van der Waals surface area contributed by atoms with Crippen LogP contribution in [0.1, 0.15) is 68.2 Å². The van der Waals surface area contributed by atoms with Crippen molar-refractivity contribution in [3.8, 4) is 0 Å². The molecule has 0 radical (unpaired) electrons. The third-order valence-electron chi connectivity index (χ3n) is 7.43. The lowest BCUT2D eigenvalue weighted by Gasteiger charge is -2.27. The maximum absolute atomic E-state index is 14.7. The lowest BCUT2D eigenvalue weighted by Crippen LogP contribution is -2.32. The molecule has 5 nitrogen and oxygen atoms in total. The van der Waals surface area contributed by atoms with Crippen molar-refractivity contribution in [1.82, 2.24) is 14.5 Å². The first-order valence-electron chi connectivity index (χ1n) is 11.0. The Labute approximate surface area is 183 Å². The van der Waals surface area contributed by atoms with Gasteiger partial charge in [-0.05, 0) is 51.0 Å². The van der Waals surface area contributed by atoms with Gasteiger partial charge in [-0.25, -0.2) is 23.1 Å². The molecule has 32 heavy (non-hydrogen) atoms. The van der Waals surface area contributed by atoms with E-state index in [1.807, 2.05) is 6.07 Å². The van der Waals surface area contributed by atoms with Gasteiger partial charge in [0.15, 0.2) is 0 Å². The zero-order chi connectivity index (χ0) is 22.6. The minimum absolute atomic E-state index is 0.0339. The Bertz CT molecular complexity index is 1250. The van der Waals surface area contributed by atoms with Crippen molar-refractivity contribution >= 4 is 16.9 Å². The monoisotopic (exact) mass is 442 g/mol. The molecule has 2 aromatic heterocycles. The lowest BCUT2D eigenvalue weighted by molar-refractivity contribution is 0.146. The van der Waals surface area contributed by atoms with Crippen LogP contribution in [0.3, 0.4) is 0 Å². The molecule has 0 unspecified atom stereocenters. The quantitative estimate of drug-likeness (QED) is 0.574. The standard InChI is InChI=1S/C24H25F3N4O/c1-13(15-4-3-5-16(19(15)25)20(26)27)30-21-17-10-18(24-8-6-14(11-24)7-9-24)23(32)31(2)22(17)29-12-28-21/h3-5,10,12-14,20H,6-9,11H2,1-2H3,(H,28,29,30)/t13-,14?,24?/m1/s1. The third kappa shape index (κ3) is 3.19. The highest BCUT2D eigenvalue weighted by atomic mass is 19.3. The summed E-state index contributed by atoms with van der Waals surface area (Å²) in [6, 6.07) is 5.28. The van der Waals surface area contributed by atoms with Crippen LogP contribution in [0.5, 0.6) is 0 Å². The SMILES string of the molecule is C[C@@H](Nc1ncnc2c1cc(C13CCC(CC1)C3)c(=O)n2C)c1cccc(C(F)F)c1F. The van der Waals surface area contributed by atoms with Crippen LogP contribution in [0.2, 0.25) is 0 Å². The molecule has 5 rings (SSSR count). The van der Waals surface area contributed by atoms with Crippen molar-refractivity contribution in [3.05, 3.63) is 63.5 Å². The second kappa shape index (κ2) is 7.60. The van der Waals surface area contributed by atoms with E-state index in [0.717, 1.165) is 43.7 Å². The van der Waals surface area contributed by atoms with Crippen LogP contribution >= 0.6 is 0 Å². The molecule has 2 heterocycles. The Morgan fingerprint density at radius 1 is 1.19 bits per heavy atom. The van der Waals surface area contributed by atoms with Gasteiger partial charge in [-0.3, -0.25) is 9.36 Å². The molecule has 0 saturated heterocycles. The number of nitrogens with one attached hydrogen (secondary N) is 1. The highest BCUT2D eigenvalue weighted by molar-refractivity contribution is 5.87. The number of rotatable bonds is 5. The summed E-state index contributed by atoms with van der Waals surface area (Å²) < 4.78 is 42.5. The molecule has 1 aromatic carbocycles. The van der Waals surface area contributed by atoms with Gasteiger partial charge >= 0.3 is 0 Å². The van der Waals surface area contributed by atoms with Crippen molar-refractivity contribution in [3.63, 3.8) is 0 Å². The summed E-state index contributed by atoms with van der Waals surface area (Å²) in [7, 11) is 1.71. The zero-order valence-corrected chi connectivity index (χ0v) is 18.0. The second-order valence-corrected chi connectivity index (χ2v) is 9.23. The Morgan fingerprint density at radius 3 is 2.56 bits per heavy atom. The number of benzene rings is 1. The van der Waals surface area contributed by atoms with E-state index < -0.39 is 23.8 Å². The highest BCUT2D eigenvalue weighted by Gasteiger charge is 2.47. The van der Waals surface area contributed by atoms with Gasteiger partial charge in [-0.15, -0.1) is 0 Å². The number of aryl methyl sites for hydroxylation is 1. The van der Waals surface area contributed by atoms with Gasteiger partial charge < -0.3 is 5.32 Å². The first kappa shape index (κ1) is 21.0. The zero-order valence-electron chi connectivity index (χ0n) is 18.0. The Morgan fingerprint density at radius 2 is 1.91 bits per heavy atom. The van der Waals surface area contributed by atoms with E-state index in [-0.39, 0.29) is 16.5 Å². The number of nitrogens with zero attached hydrogens (tertiary/aromatic N) is 3. The van der Waals surface area contributed by atoms with Gasteiger partial charge in [0.2, 0.25) is 0 Å². The molecular weight excluding hydrogens is 417 g/mol. The van der Waals surface area contributed by atoms with Crippen molar-refractivity contribution in [2.24, 2.45) is 13.0 Å². The molecule has 2 saturated carbocycles. The van der Waals surface area contributed by atoms with E-state index >= 15 is 0 Å². The van der Waals surface area contributed by atoms with Gasteiger partial charge in [-0.1, -0.05) is 18.2 Å². The smallest absolute Gasteiger partial charge is 0.266 e. The molecule has 2 fully saturated rings. The van der Waals surface area contributed by atoms with Crippen LogP contribution in [0, 0.1) is 11.7 Å². The molecule has 0 spiro atoms. The van der Waals surface area contributed by atoms with Crippen molar-refractivity contribution in [2.45, 2.75) is 56.9 Å². The van der Waals surface area contributed by atoms with Gasteiger partial charge in [0.1, 0.15) is 23.6 Å². The predicted octanol–water partition coefficient (Wildman–Crippen LogP) is 5.41. The van der Waals surface area contributed by atoms with E-state index in [0.29, 0.717) is 22.8 Å². The minimum atomic E-state index is -2.89. The van der Waals surface area contributed by atoms with Gasteiger partial charge in [0.05, 0.1) is 17.0 Å². The van der Waals surface area contributed by atoms with Crippen LogP contribution in [-0.2, 0) is 12.5 Å². The fraction of sp³-hybridized carbons (Fsp3) is 0.458. The number of anilines is 1. The van der Waals surface area contributed by atoms with Crippen LogP contribution in [0.25, 0.3) is 11.0 Å². The molecule has 8 heteroatoms. The first-order chi connectivity index (χ1) is 15.3. The summed E-state index contributed by atoms with van der Waals surface area (Å²) in [5.74, 6) is 0.214. The van der Waals surface area contributed by atoms with Gasteiger partial charge in [0.25, 0.3) is 12.0 Å². The largest absolute Gasteiger partial charge is 0.363 e. The summed E-state index contributed by atoms with van der Waals surface area (Å²) in [6.07, 6.45) is 3.81. The number of alkyl halides is 2. The second-order valence-electron chi connectivity index (χ2n) is 9.23. The molecule has 2 bridgehead atoms. The molecule has 0 amide bonds. The molecule has 1 N–H and O–H groups in total. The maximum Gasteiger partial charge on any atom is 0.266 e. The van der Waals surface area contributed by atoms with Crippen LogP contribution in [-0.4, -0.2) is 14.5 Å². The Kier molecular flexibility index (Phi) is 4.98. The van der Waals surface area contributed by atoms with E-state index in [4.69, 9.17) is 0 Å². The summed E-state index contributed by atoms with van der Waals surface area (Å²) in [4.78, 5) is 21.9. The van der Waals surface area contributed by atoms with E-state index in [9.17, 15) is 18.0 Å². The minimum Gasteiger partial charge on any atom is -0.363 e. The molecule has 2 aliphatic rings. The van der Waals surface area contributed by atoms with Crippen molar-refractivity contribution in [2.75, 3.05) is 5.32 Å². The van der Waals surface area contributed by atoms with Gasteiger partial charge in [-0.2, -0.15) is 0 Å². The maximum atomic E-state index is 14.7. The molecule has 168 valence electrons. The average Bonchev–Trinajstić information content (AvgIpc) is 3.38. The van der Waals surface area contributed by atoms with E-state index in [1.165, 1.54) is 18.5 Å². The molecule has 0 aliphatic heterocycles. The number of halogens is 3. The van der Waals surface area contributed by atoms with Crippen LogP contribution in [0.15, 0.2) is 35.4 Å². The fourth-order valence-corrected chi connectivity index (χ4v) is 5.69. The number of pyridine rings is 1. The summed E-state index contributed by atoms with van der Waals surface area (Å²) in [5.41, 5.74) is 0.660. The summed E-state index contributed by atoms with van der Waals surface area (Å²) in [6.45, 7) is 1.70. The van der Waals surface area contributed by atoms with E-state index in [2.05, 4.69) is 15.3 Å². The predicted molar refractivity (Wildman–Crippen MR) is 116 cm³/mol. The first-order valence-corrected chi connectivity index (χ1v) is 11.0. The topological polar surface area (TPSA) is 59.8 Å². The lowest BCUT2D eigenvalue weighted by atomic mass is 9.78. The Hall–Kier alpha value is -2.90. The molecule has 2 aliphatic carbocycles. The van der Waals surface area contributed by atoms with Crippen LogP contribution < -0.4 is 10.9 Å². The molecule has 3 aromatic rings. The normalized spacial score (nSPS) is 23.2. The number of hydrogen-bond donors (Lipinski definition) is 1. The van der Waals surface area contributed by atoms with E-state index in [1.54, 1.807) is 18.5 Å². The van der Waals surface area contributed by atoms with Crippen molar-refractivity contribution < 1.29 is 13.2 Å². The third-order valence-corrected chi connectivity index (χ3v) is 7.43. The Balaban J connectivity index is 1.58.